The number of rotatable bonds is 2. The van der Waals surface area contributed by atoms with Crippen molar-refractivity contribution in [3.05, 3.63) is 47.5 Å². The average Bonchev–Trinajstić information content (AvgIpc) is 2.41. The second kappa shape index (κ2) is 7.27. The van der Waals surface area contributed by atoms with Crippen LogP contribution in [0, 0.1) is 0 Å². The average molecular weight is 248 g/mol. The summed E-state index contributed by atoms with van der Waals surface area (Å²) in [7, 11) is 0. The summed E-state index contributed by atoms with van der Waals surface area (Å²) in [6.07, 6.45) is 10.0. The van der Waals surface area contributed by atoms with Crippen LogP contribution in [0.15, 0.2) is 36.4 Å². The molecule has 0 aliphatic heterocycles. The molecule has 2 N–H and O–H groups in total. The van der Waals surface area contributed by atoms with Crippen molar-refractivity contribution >= 4 is 11.9 Å². The number of benzene rings is 1. The minimum atomic E-state index is -1.23. The minimum absolute atomic E-state index is 0.190. The Balaban J connectivity index is 0.000000225. The van der Waals surface area contributed by atoms with Crippen LogP contribution in [0.2, 0.25) is 0 Å². The second-order valence-corrected chi connectivity index (χ2v) is 3.91. The molecule has 0 saturated carbocycles. The maximum absolute atomic E-state index is 10.5. The van der Waals surface area contributed by atoms with E-state index in [0.29, 0.717) is 0 Å². The van der Waals surface area contributed by atoms with Crippen LogP contribution in [0.1, 0.15) is 46.4 Å². The van der Waals surface area contributed by atoms with E-state index in [1.807, 2.05) is 0 Å². The Morgan fingerprint density at radius 3 is 1.44 bits per heavy atom. The summed E-state index contributed by atoms with van der Waals surface area (Å²) < 4.78 is 0. The van der Waals surface area contributed by atoms with E-state index >= 15 is 0 Å². The number of carboxylic acid groups (broad SMARTS) is 2. The van der Waals surface area contributed by atoms with Crippen LogP contribution >= 0.6 is 0 Å². The topological polar surface area (TPSA) is 74.6 Å². The zero-order valence-electron chi connectivity index (χ0n) is 10.0. The molecular weight excluding hydrogens is 232 g/mol. The van der Waals surface area contributed by atoms with E-state index in [1.165, 1.54) is 49.9 Å². The Morgan fingerprint density at radius 2 is 1.22 bits per heavy atom. The highest BCUT2D eigenvalue weighted by Crippen LogP contribution is 2.08. The van der Waals surface area contributed by atoms with Gasteiger partial charge >= 0.3 is 11.9 Å². The summed E-state index contributed by atoms with van der Waals surface area (Å²) in [5, 5.41) is 17.1. The van der Waals surface area contributed by atoms with Crippen molar-refractivity contribution in [2.75, 3.05) is 0 Å². The molecule has 0 saturated heterocycles. The van der Waals surface area contributed by atoms with Gasteiger partial charge in [-0.25, -0.2) is 9.59 Å². The van der Waals surface area contributed by atoms with Crippen LogP contribution in [0.25, 0.3) is 0 Å². The van der Waals surface area contributed by atoms with Crippen molar-refractivity contribution in [2.45, 2.75) is 25.7 Å². The van der Waals surface area contributed by atoms with Crippen molar-refractivity contribution in [1.29, 1.82) is 0 Å². The molecule has 96 valence electrons. The zero-order valence-corrected chi connectivity index (χ0v) is 10.0. The number of hydrogen-bond donors (Lipinski definition) is 2. The molecule has 0 heterocycles. The molecule has 18 heavy (non-hydrogen) atoms. The molecule has 1 aromatic rings. The third kappa shape index (κ3) is 4.41. The first kappa shape index (κ1) is 14.0. The highest BCUT2D eigenvalue weighted by Gasteiger charge is 2.13. The maximum Gasteiger partial charge on any atom is 0.336 e. The molecule has 0 fully saturated rings. The normalized spacial score (nSPS) is 13.3. The Hall–Kier alpha value is -2.10. The van der Waals surface area contributed by atoms with E-state index in [1.54, 1.807) is 0 Å². The first-order chi connectivity index (χ1) is 8.63. The Morgan fingerprint density at radius 1 is 0.833 bits per heavy atom. The molecule has 0 amide bonds. The van der Waals surface area contributed by atoms with Crippen molar-refractivity contribution in [3.63, 3.8) is 0 Å². The monoisotopic (exact) mass is 248 g/mol. The number of hydrogen-bond acceptors (Lipinski definition) is 2. The van der Waals surface area contributed by atoms with Gasteiger partial charge < -0.3 is 10.2 Å². The fraction of sp³-hybridized carbons (Fsp3) is 0.286. The number of carboxylic acids is 2. The molecule has 1 aliphatic carbocycles. The molecule has 2 rings (SSSR count). The second-order valence-electron chi connectivity index (χ2n) is 3.91. The third-order valence-electron chi connectivity index (χ3n) is 2.55. The lowest BCUT2D eigenvalue weighted by molar-refractivity contribution is 0.0651. The quantitative estimate of drug-likeness (QED) is 0.788. The summed E-state index contributed by atoms with van der Waals surface area (Å²) in [5.74, 6) is -2.46. The summed E-state index contributed by atoms with van der Waals surface area (Å²) in [6, 6.07) is 5.48. The van der Waals surface area contributed by atoms with Gasteiger partial charge in [0.15, 0.2) is 0 Å². The van der Waals surface area contributed by atoms with Gasteiger partial charge in [-0.1, -0.05) is 24.3 Å². The van der Waals surface area contributed by atoms with Crippen molar-refractivity contribution in [1.82, 2.24) is 0 Å². The van der Waals surface area contributed by atoms with Gasteiger partial charge in [0.25, 0.3) is 0 Å². The molecule has 0 unspecified atom stereocenters. The maximum atomic E-state index is 10.5. The summed E-state index contributed by atoms with van der Waals surface area (Å²) in [6.45, 7) is 0. The lowest BCUT2D eigenvalue weighted by Crippen LogP contribution is -2.06. The van der Waals surface area contributed by atoms with Gasteiger partial charge in [0, 0.05) is 0 Å². The van der Waals surface area contributed by atoms with E-state index in [9.17, 15) is 9.59 Å². The predicted molar refractivity (Wildman–Crippen MR) is 68.0 cm³/mol. The molecule has 0 bridgehead atoms. The summed E-state index contributed by atoms with van der Waals surface area (Å²) in [5.41, 5.74) is -0.380. The van der Waals surface area contributed by atoms with Gasteiger partial charge in [-0.15, -0.1) is 0 Å². The fourth-order valence-corrected chi connectivity index (χ4v) is 1.62. The summed E-state index contributed by atoms with van der Waals surface area (Å²) >= 11 is 0. The molecule has 0 spiro atoms. The minimum Gasteiger partial charge on any atom is -0.478 e. The number of carbonyl (C=O) groups is 2. The molecular formula is C14H16O4. The summed E-state index contributed by atoms with van der Waals surface area (Å²) in [4.78, 5) is 20.9. The molecule has 1 aromatic carbocycles. The molecule has 1 aliphatic rings. The van der Waals surface area contributed by atoms with Crippen LogP contribution in [0.3, 0.4) is 0 Å². The number of aromatic carboxylic acids is 2. The highest BCUT2D eigenvalue weighted by molar-refractivity contribution is 6.01. The van der Waals surface area contributed by atoms with Crippen LogP contribution in [-0.4, -0.2) is 22.2 Å². The molecule has 0 aromatic heterocycles. The first-order valence-electron chi connectivity index (χ1n) is 5.83. The van der Waals surface area contributed by atoms with Crippen LogP contribution in [0.5, 0.6) is 0 Å². The first-order valence-corrected chi connectivity index (χ1v) is 5.83. The fourth-order valence-electron chi connectivity index (χ4n) is 1.62. The lowest BCUT2D eigenvalue weighted by atomic mass is 10.1. The Kier molecular flexibility index (Phi) is 5.64. The predicted octanol–water partition coefficient (Wildman–Crippen LogP) is 3.20. The van der Waals surface area contributed by atoms with Crippen LogP contribution in [-0.2, 0) is 0 Å². The standard InChI is InChI=1S/C8H6O4.C6H10/c9-7(10)5-3-1-2-4-6(5)8(11)12;1-2-4-6-5-3-1/h1-4H,(H,9,10)(H,11,12);1-2H,3-6H2. The van der Waals surface area contributed by atoms with Gasteiger partial charge in [-0.2, -0.15) is 0 Å². The Labute approximate surface area is 106 Å². The van der Waals surface area contributed by atoms with Gasteiger partial charge in [0.2, 0.25) is 0 Å². The largest absolute Gasteiger partial charge is 0.478 e. The van der Waals surface area contributed by atoms with Crippen molar-refractivity contribution in [3.8, 4) is 0 Å². The SMILES string of the molecule is C1=CCCCC1.O=C(O)c1ccccc1C(=O)O. The van der Waals surface area contributed by atoms with E-state index in [2.05, 4.69) is 12.2 Å². The molecule has 4 heteroatoms. The van der Waals surface area contributed by atoms with E-state index in [4.69, 9.17) is 10.2 Å². The molecule has 0 radical (unpaired) electrons. The van der Waals surface area contributed by atoms with Crippen LogP contribution in [0.4, 0.5) is 0 Å². The van der Waals surface area contributed by atoms with Gasteiger partial charge in [0.1, 0.15) is 0 Å². The van der Waals surface area contributed by atoms with Crippen molar-refractivity contribution in [2.24, 2.45) is 0 Å². The van der Waals surface area contributed by atoms with E-state index in [0.717, 1.165) is 0 Å². The van der Waals surface area contributed by atoms with E-state index < -0.39 is 11.9 Å². The molecule has 0 atom stereocenters. The highest BCUT2D eigenvalue weighted by atomic mass is 16.4. The van der Waals surface area contributed by atoms with Crippen molar-refractivity contribution < 1.29 is 19.8 Å². The van der Waals surface area contributed by atoms with E-state index in [-0.39, 0.29) is 11.1 Å². The third-order valence-corrected chi connectivity index (χ3v) is 2.55. The molecule has 4 nitrogen and oxygen atoms in total. The van der Waals surface area contributed by atoms with Gasteiger partial charge in [-0.05, 0) is 37.8 Å². The zero-order chi connectivity index (χ0) is 13.4. The number of allylic oxidation sites excluding steroid dienone is 2. The smallest absolute Gasteiger partial charge is 0.336 e. The lowest BCUT2D eigenvalue weighted by Gasteiger charge is -1.98. The Bertz CT molecular complexity index is 408. The van der Waals surface area contributed by atoms with Crippen LogP contribution < -0.4 is 0 Å². The van der Waals surface area contributed by atoms with Gasteiger partial charge in [0.05, 0.1) is 11.1 Å². The van der Waals surface area contributed by atoms with Gasteiger partial charge in [-0.3, -0.25) is 0 Å².